The first kappa shape index (κ1) is 23.3. The number of imidazole rings is 1. The molecule has 15 nitrogen and oxygen atoms in total. The monoisotopic (exact) mass is 480 g/mol. The first-order valence-corrected chi connectivity index (χ1v) is 10.2. The van der Waals surface area contributed by atoms with Gasteiger partial charge in [0.15, 0.2) is 11.5 Å². The molecule has 0 spiro atoms. The Hall–Kier alpha value is -0.991. The van der Waals surface area contributed by atoms with Gasteiger partial charge in [-0.1, -0.05) is 6.10 Å². The van der Waals surface area contributed by atoms with Gasteiger partial charge in [-0.25, -0.2) is 24.1 Å². The summed E-state index contributed by atoms with van der Waals surface area (Å²) < 4.78 is 36.4. The van der Waals surface area contributed by atoms with Crippen LogP contribution in [0.2, 0.25) is 0 Å². The number of aromatic nitrogens is 4. The quantitative estimate of drug-likeness (QED) is 0.238. The van der Waals surface area contributed by atoms with Crippen LogP contribution in [-0.4, -0.2) is 59.1 Å². The zero-order valence-corrected chi connectivity index (χ0v) is 16.5. The Kier molecular flexibility index (Phi) is 6.99. The number of hydrogen-bond acceptors (Lipinski definition) is 11. The van der Waals surface area contributed by atoms with E-state index in [1.54, 1.807) is 0 Å². The van der Waals surface area contributed by atoms with Crippen LogP contribution in [0.4, 0.5) is 5.82 Å². The second-order valence-electron chi connectivity index (χ2n) is 5.41. The van der Waals surface area contributed by atoms with Crippen LogP contribution >= 0.6 is 15.6 Å². The van der Waals surface area contributed by atoms with Crippen LogP contribution in [-0.2, 0) is 39.8 Å². The van der Waals surface area contributed by atoms with Crippen LogP contribution in [0, 0.1) is 0 Å². The molecule has 0 saturated carbocycles. The van der Waals surface area contributed by atoms with E-state index in [1.165, 1.54) is 10.9 Å². The summed E-state index contributed by atoms with van der Waals surface area (Å²) in [6, 6.07) is 0. The molecule has 1 aliphatic heterocycles. The molecule has 0 amide bonds. The van der Waals surface area contributed by atoms with Crippen LogP contribution < -0.4 is 15.9 Å². The van der Waals surface area contributed by atoms with Gasteiger partial charge in [-0.05, 0) is 0 Å². The summed E-state index contributed by atoms with van der Waals surface area (Å²) in [6.07, 6.45) is -4.37. The summed E-state index contributed by atoms with van der Waals surface area (Å²) in [5.41, 5.74) is 5.96. The van der Waals surface area contributed by atoms with E-state index in [9.17, 15) is 24.2 Å². The minimum atomic E-state index is -5.32. The minimum Gasteiger partial charge on any atom is -0.851 e. The summed E-state index contributed by atoms with van der Waals surface area (Å²) in [7, 11) is -10.5. The fourth-order valence-corrected chi connectivity index (χ4v) is 4.05. The van der Waals surface area contributed by atoms with E-state index < -0.39 is 46.8 Å². The first-order chi connectivity index (χ1) is 12.5. The Morgan fingerprint density at radius 1 is 1.21 bits per heavy atom. The number of nitrogens with two attached hydrogens (primary N) is 1. The molecule has 1 saturated heterocycles. The number of fused-ring (bicyclic) bond motifs is 1. The fourth-order valence-electron chi connectivity index (χ4n) is 2.45. The molecule has 155 valence electrons. The van der Waals surface area contributed by atoms with Crippen LogP contribution in [0.5, 0.6) is 0 Å². The topological polar surface area (TPSA) is 238 Å². The molecular weight excluding hydrogens is 467 g/mol. The van der Waals surface area contributed by atoms with E-state index in [0.717, 1.165) is 6.33 Å². The standard InChI is InChI=1S/C10H13N5O10P2.Mn/c11-8-5-9(13-2-12-8)15(3-14-5)10-7(17)6(16)4(24-10)1-23-27(21,22)25-26(18,19)20;/h2-4,6-7,10H,1H2,(H,21,22)(H2,11,12,13)(H2,18,19,20);/q-2;+2/t4-,6-,7-,10-;/m1./s1. The van der Waals surface area contributed by atoms with Crippen molar-refractivity contribution in [1.29, 1.82) is 0 Å². The third-order valence-corrected chi connectivity index (χ3v) is 5.71. The van der Waals surface area contributed by atoms with E-state index in [2.05, 4.69) is 23.8 Å². The molecule has 5 N–H and O–H groups in total. The van der Waals surface area contributed by atoms with Gasteiger partial charge in [0.1, 0.15) is 18.1 Å². The molecule has 5 atom stereocenters. The van der Waals surface area contributed by atoms with Crippen molar-refractivity contribution in [2.75, 3.05) is 12.3 Å². The van der Waals surface area contributed by atoms with Gasteiger partial charge >= 0.3 is 32.7 Å². The fraction of sp³-hybridized carbons (Fsp3) is 0.500. The third-order valence-electron chi connectivity index (χ3n) is 3.56. The minimum absolute atomic E-state index is 0. The second-order valence-corrected chi connectivity index (χ2v) is 8.24. The summed E-state index contributed by atoms with van der Waals surface area (Å²) in [5.74, 6) is 0.0496. The summed E-state index contributed by atoms with van der Waals surface area (Å²) in [4.78, 5) is 37.9. The van der Waals surface area contributed by atoms with Gasteiger partial charge in [-0.3, -0.25) is 9.09 Å². The second kappa shape index (κ2) is 8.40. The first-order valence-electron chi connectivity index (χ1n) is 7.13. The summed E-state index contributed by atoms with van der Waals surface area (Å²) in [6.45, 7) is -0.916. The van der Waals surface area contributed by atoms with Gasteiger partial charge in [-0.2, -0.15) is 4.31 Å². The molecule has 1 radical (unpaired) electrons. The van der Waals surface area contributed by atoms with Crippen molar-refractivity contribution in [3.8, 4) is 0 Å². The average Bonchev–Trinajstić information content (AvgIpc) is 3.07. The van der Waals surface area contributed by atoms with Crippen molar-refractivity contribution >= 4 is 32.6 Å². The molecule has 1 unspecified atom stereocenters. The Morgan fingerprint density at radius 2 is 1.89 bits per heavy atom. The number of phosphoric acid groups is 2. The molecule has 3 heterocycles. The molecule has 0 bridgehead atoms. The third kappa shape index (κ3) is 4.94. The molecule has 1 aliphatic rings. The van der Waals surface area contributed by atoms with Crippen molar-refractivity contribution in [2.24, 2.45) is 0 Å². The van der Waals surface area contributed by atoms with Crippen LogP contribution in [0.25, 0.3) is 11.2 Å². The Balaban J connectivity index is 0.00000280. The van der Waals surface area contributed by atoms with E-state index in [-0.39, 0.29) is 34.1 Å². The number of nitrogen functional groups attached to an aromatic ring is 1. The average molecular weight is 480 g/mol. The smallest absolute Gasteiger partial charge is 0.851 e. The maximum absolute atomic E-state index is 12.3. The normalized spacial score (nSPS) is 27.5. The number of anilines is 1. The predicted molar refractivity (Wildman–Crippen MR) is 80.1 cm³/mol. The maximum Gasteiger partial charge on any atom is 2.00 e. The molecule has 3 rings (SSSR count). The molecule has 0 aromatic carbocycles. The number of phosphoric ester groups is 1. The largest absolute Gasteiger partial charge is 2.00 e. The van der Waals surface area contributed by atoms with Gasteiger partial charge in [0.2, 0.25) is 0 Å². The molecule has 28 heavy (non-hydrogen) atoms. The van der Waals surface area contributed by atoms with Crippen LogP contribution in [0.3, 0.4) is 0 Å². The van der Waals surface area contributed by atoms with Crippen molar-refractivity contribution in [3.05, 3.63) is 12.7 Å². The van der Waals surface area contributed by atoms with Crippen LogP contribution in [0.1, 0.15) is 6.23 Å². The van der Waals surface area contributed by atoms with Gasteiger partial charge < -0.3 is 35.4 Å². The molecule has 2 aromatic heterocycles. The van der Waals surface area contributed by atoms with E-state index >= 15 is 0 Å². The Morgan fingerprint density at radius 3 is 2.54 bits per heavy atom. The zero-order chi connectivity index (χ0) is 20.0. The number of ether oxygens (including phenoxy) is 1. The van der Waals surface area contributed by atoms with Gasteiger partial charge in [0, 0.05) is 0 Å². The maximum atomic E-state index is 12.3. The molecular formula is C10H13MnN5O10P2. The Labute approximate surface area is 166 Å². The number of hydrogen-bond donors (Lipinski definition) is 4. The van der Waals surface area contributed by atoms with Gasteiger partial charge in [0.25, 0.3) is 0 Å². The summed E-state index contributed by atoms with van der Waals surface area (Å²) >= 11 is 0. The van der Waals surface area contributed by atoms with E-state index in [0.29, 0.717) is 0 Å². The summed E-state index contributed by atoms with van der Waals surface area (Å²) in [5, 5.41) is 24.4. The van der Waals surface area contributed by atoms with Crippen molar-refractivity contribution < 1.29 is 64.7 Å². The van der Waals surface area contributed by atoms with Crippen molar-refractivity contribution in [1.82, 2.24) is 19.5 Å². The Bertz CT molecular complexity index is 938. The van der Waals surface area contributed by atoms with Crippen molar-refractivity contribution in [2.45, 2.75) is 24.5 Å². The molecule has 18 heteroatoms. The van der Waals surface area contributed by atoms with E-state index in [1.807, 2.05) is 0 Å². The van der Waals surface area contributed by atoms with Gasteiger partial charge in [-0.15, -0.1) is 6.10 Å². The van der Waals surface area contributed by atoms with Crippen molar-refractivity contribution in [3.63, 3.8) is 0 Å². The van der Waals surface area contributed by atoms with Crippen LogP contribution in [0.15, 0.2) is 12.7 Å². The zero-order valence-electron chi connectivity index (χ0n) is 13.5. The van der Waals surface area contributed by atoms with E-state index in [4.69, 9.17) is 20.3 Å². The SMILES string of the molecule is Nc1ncnc2c1ncn2[C@@H]1O[C@H](COP(=O)(O)OP(=O)(O)O)[C@@H]([O-])[C@H]1[O-].[Mn+2]. The predicted octanol–water partition coefficient (Wildman–Crippen LogP) is -3.01. The molecule has 2 aromatic rings. The van der Waals surface area contributed by atoms with Gasteiger partial charge in [0.05, 0.1) is 19.0 Å². The number of rotatable bonds is 6. The molecule has 1 fully saturated rings. The molecule has 0 aliphatic carbocycles. The number of nitrogens with zero attached hydrogens (tertiary/aromatic N) is 4.